The number of rotatable bonds is 33. The molecule has 14 atom stereocenters. The number of aliphatic hydroxyl groups is 4. The molecule has 2 aliphatic rings. The number of phenols is 1. The van der Waals surface area contributed by atoms with Gasteiger partial charge in [-0.1, -0.05) is 96.6 Å². The predicted molar refractivity (Wildman–Crippen MR) is 294 cm³/mol. The molecule has 14 unspecified atom stereocenters. The Morgan fingerprint density at radius 2 is 1.50 bits per heavy atom. The van der Waals surface area contributed by atoms with E-state index in [0.717, 1.165) is 37.7 Å². The highest BCUT2D eigenvalue weighted by Crippen LogP contribution is 2.30. The van der Waals surface area contributed by atoms with E-state index in [4.69, 9.17) is 0 Å². The summed E-state index contributed by atoms with van der Waals surface area (Å²) < 4.78 is 0. The van der Waals surface area contributed by atoms with Crippen LogP contribution in [0.4, 0.5) is 0 Å². The number of nitrogens with zero attached hydrogens (tertiary/aromatic N) is 1. The van der Waals surface area contributed by atoms with E-state index in [0.29, 0.717) is 56.9 Å². The molecule has 0 bridgehead atoms. The van der Waals surface area contributed by atoms with Gasteiger partial charge in [0.1, 0.15) is 29.7 Å². The number of amides is 4. The number of hydrogen-bond acceptors (Lipinski definition) is 12. The standard InChI is InChI=1S/C59H95N5O12/c1-10-44-27-31-48(60-55(44)71)42(9)53(69)40(7)25-32-51(68)38(5)24-29-45(66)28-23-37(4)18-14-12-11-13-15-19-39(6)54(70)47(30-26-41(8)65)56(72)62-52(36(2)3)57(73)61-50(35-43-20-16-21-46(67)34-43)58(74)64-33-17-22-49(63-64)59(75)76/h11-13,15-16,20-21,23,34,36,38-40,42,44-45,47-54,63,66-70H,10,14,17-19,22,24-33,35H2,1-9H3,(H,60,71)(H,61,73)(H,62,72)(H,75,76)/b12-11+,15-13+,37-23+. The molecule has 2 heterocycles. The second-order valence-electron chi connectivity index (χ2n) is 22.5. The number of Topliss-reactive ketones (excluding diaryl/α,β-unsaturated/α-hetero) is 1. The Bertz CT molecular complexity index is 2090. The fourth-order valence-electron chi connectivity index (χ4n) is 10.2. The fraction of sp³-hybridized carbons (Fsp3) is 0.695. The summed E-state index contributed by atoms with van der Waals surface area (Å²) in [5, 5.41) is 73.9. The number of carbonyl (C=O) groups excluding carboxylic acids is 5. The van der Waals surface area contributed by atoms with E-state index in [-0.39, 0.29) is 73.0 Å². The SMILES string of the molecule is CCC1CCC(C(C)C(O)C(C)CCC(O)C(C)CCC(O)C/C=C(\C)CC/C=C/C=C/CC(C)C(O)C(CCC(C)=O)C(=O)NC(C(=O)NC(Cc2cccc(O)c2)C(=O)N2CCCC(C(=O)O)N2)C(C)C)NC1=O. The molecule has 0 aliphatic carbocycles. The summed E-state index contributed by atoms with van der Waals surface area (Å²) in [5.41, 5.74) is 4.42. The zero-order valence-electron chi connectivity index (χ0n) is 47.0. The quantitative estimate of drug-likeness (QED) is 0.0263. The number of aliphatic carboxylic acids is 1. The first kappa shape index (κ1) is 65.3. The highest BCUT2D eigenvalue weighted by atomic mass is 16.4. The minimum Gasteiger partial charge on any atom is -0.508 e. The Hall–Kier alpha value is -4.94. The van der Waals surface area contributed by atoms with Crippen molar-refractivity contribution in [2.45, 2.75) is 214 Å². The first-order chi connectivity index (χ1) is 35.9. The number of carbonyl (C=O) groups is 6. The number of hydrogen-bond donors (Lipinski definition) is 10. The number of ketones is 1. The third kappa shape index (κ3) is 22.2. The normalized spacial score (nSPS) is 21.9. The number of hydrazine groups is 1. The van der Waals surface area contributed by atoms with E-state index < -0.39 is 84.0 Å². The van der Waals surface area contributed by atoms with E-state index in [2.05, 4.69) is 27.5 Å². The van der Waals surface area contributed by atoms with Gasteiger partial charge in [-0.15, -0.1) is 0 Å². The Kier molecular flexibility index (Phi) is 28.7. The van der Waals surface area contributed by atoms with Crippen LogP contribution in [0.1, 0.15) is 164 Å². The first-order valence-electron chi connectivity index (χ1n) is 28.1. The summed E-state index contributed by atoms with van der Waals surface area (Å²) in [6.45, 7) is 16.9. The van der Waals surface area contributed by atoms with Gasteiger partial charge in [-0.2, -0.15) is 0 Å². The van der Waals surface area contributed by atoms with Crippen LogP contribution in [-0.4, -0.2) is 126 Å². The van der Waals surface area contributed by atoms with Gasteiger partial charge in [0.15, 0.2) is 0 Å². The third-order valence-corrected chi connectivity index (χ3v) is 15.7. The number of phenolic OH excluding ortho intramolecular Hbond substituents is 1. The lowest BCUT2D eigenvalue weighted by atomic mass is 9.80. The molecular formula is C59H95N5O12. The van der Waals surface area contributed by atoms with Gasteiger partial charge in [-0.05, 0) is 145 Å². The lowest BCUT2D eigenvalue weighted by Crippen LogP contribution is -2.62. The number of aromatic hydroxyl groups is 1. The number of nitrogens with one attached hydrogen (secondary N) is 4. The molecule has 0 spiro atoms. The molecule has 0 aromatic heterocycles. The number of aliphatic hydroxyl groups excluding tert-OH is 4. The van der Waals surface area contributed by atoms with Crippen LogP contribution in [0.5, 0.6) is 5.75 Å². The maximum atomic E-state index is 14.0. The Morgan fingerprint density at radius 1 is 0.803 bits per heavy atom. The molecule has 428 valence electrons. The van der Waals surface area contributed by atoms with Crippen LogP contribution in [-0.2, 0) is 35.2 Å². The van der Waals surface area contributed by atoms with Gasteiger partial charge in [-0.25, -0.2) is 5.43 Å². The zero-order valence-corrected chi connectivity index (χ0v) is 47.0. The molecule has 10 N–H and O–H groups in total. The van der Waals surface area contributed by atoms with Gasteiger partial charge in [0, 0.05) is 37.3 Å². The zero-order chi connectivity index (χ0) is 56.6. The van der Waals surface area contributed by atoms with Gasteiger partial charge >= 0.3 is 5.97 Å². The summed E-state index contributed by atoms with van der Waals surface area (Å²) in [5.74, 6) is -5.04. The molecular weight excluding hydrogens is 971 g/mol. The van der Waals surface area contributed by atoms with Crippen molar-refractivity contribution in [1.29, 1.82) is 0 Å². The van der Waals surface area contributed by atoms with Crippen LogP contribution in [0.15, 0.2) is 60.2 Å². The monoisotopic (exact) mass is 1070 g/mol. The summed E-state index contributed by atoms with van der Waals surface area (Å²) in [7, 11) is 0. The smallest absolute Gasteiger partial charge is 0.322 e. The van der Waals surface area contributed by atoms with E-state index in [1.54, 1.807) is 26.0 Å². The Morgan fingerprint density at radius 3 is 2.14 bits per heavy atom. The minimum absolute atomic E-state index is 0.00319. The van der Waals surface area contributed by atoms with Crippen LogP contribution in [0.3, 0.4) is 0 Å². The molecule has 3 rings (SSSR count). The fourth-order valence-corrected chi connectivity index (χ4v) is 10.2. The molecule has 2 saturated heterocycles. The molecule has 1 aromatic rings. The van der Waals surface area contributed by atoms with E-state index >= 15 is 0 Å². The Balaban J connectivity index is 1.48. The molecule has 0 radical (unpaired) electrons. The number of piperidine rings is 1. The van der Waals surface area contributed by atoms with Crippen molar-refractivity contribution in [3.63, 3.8) is 0 Å². The topological polar surface area (TPSA) is 275 Å². The predicted octanol–water partition coefficient (Wildman–Crippen LogP) is 6.60. The average molecular weight is 1070 g/mol. The Labute approximate surface area is 452 Å². The summed E-state index contributed by atoms with van der Waals surface area (Å²) >= 11 is 0. The van der Waals surface area contributed by atoms with Crippen LogP contribution >= 0.6 is 0 Å². The molecule has 1 aromatic carbocycles. The summed E-state index contributed by atoms with van der Waals surface area (Å²) in [6, 6.07) is 2.85. The lowest BCUT2D eigenvalue weighted by molar-refractivity contribution is -0.148. The van der Waals surface area contributed by atoms with Crippen molar-refractivity contribution in [2.24, 2.45) is 41.4 Å². The summed E-state index contributed by atoms with van der Waals surface area (Å²) in [4.78, 5) is 78.2. The second kappa shape index (κ2) is 33.4. The maximum Gasteiger partial charge on any atom is 0.322 e. The van der Waals surface area contributed by atoms with Crippen LogP contribution in [0.2, 0.25) is 0 Å². The number of allylic oxidation sites excluding steroid dienone is 5. The maximum absolute atomic E-state index is 14.0. The average Bonchev–Trinajstić information content (AvgIpc) is 3.38. The number of benzene rings is 1. The van der Waals surface area contributed by atoms with Gasteiger partial charge < -0.3 is 51.4 Å². The summed E-state index contributed by atoms with van der Waals surface area (Å²) in [6.07, 6.45) is 15.3. The van der Waals surface area contributed by atoms with Crippen LogP contribution in [0, 0.1) is 41.4 Å². The lowest BCUT2D eigenvalue weighted by Gasteiger charge is -2.36. The highest BCUT2D eigenvalue weighted by Gasteiger charge is 2.38. The van der Waals surface area contributed by atoms with Crippen molar-refractivity contribution >= 4 is 35.4 Å². The molecule has 2 fully saturated rings. The molecule has 4 amide bonds. The van der Waals surface area contributed by atoms with Gasteiger partial charge in [0.25, 0.3) is 5.91 Å². The van der Waals surface area contributed by atoms with E-state index in [1.165, 1.54) is 24.1 Å². The van der Waals surface area contributed by atoms with E-state index in [9.17, 15) is 59.4 Å². The second-order valence-corrected chi connectivity index (χ2v) is 22.5. The number of carboxylic acid groups (broad SMARTS) is 1. The van der Waals surface area contributed by atoms with Crippen LogP contribution < -0.4 is 21.4 Å². The molecule has 17 nitrogen and oxygen atoms in total. The van der Waals surface area contributed by atoms with Crippen molar-refractivity contribution in [3.8, 4) is 5.75 Å². The molecule has 76 heavy (non-hydrogen) atoms. The highest BCUT2D eigenvalue weighted by molar-refractivity contribution is 5.93. The molecule has 2 aliphatic heterocycles. The van der Waals surface area contributed by atoms with Crippen molar-refractivity contribution < 1.29 is 59.4 Å². The minimum atomic E-state index is -1.20. The van der Waals surface area contributed by atoms with Gasteiger partial charge in [0.05, 0.1) is 30.3 Å². The van der Waals surface area contributed by atoms with Crippen molar-refractivity contribution in [1.82, 2.24) is 26.4 Å². The van der Waals surface area contributed by atoms with Crippen LogP contribution in [0.25, 0.3) is 0 Å². The molecule has 0 saturated carbocycles. The number of carboxylic acids is 1. The van der Waals surface area contributed by atoms with Crippen molar-refractivity contribution in [3.05, 3.63) is 65.8 Å². The third-order valence-electron chi connectivity index (χ3n) is 15.7. The van der Waals surface area contributed by atoms with Gasteiger partial charge in [0.2, 0.25) is 17.7 Å². The largest absolute Gasteiger partial charge is 0.508 e. The van der Waals surface area contributed by atoms with Gasteiger partial charge in [-0.3, -0.25) is 29.0 Å². The van der Waals surface area contributed by atoms with Crippen molar-refractivity contribution in [2.75, 3.05) is 6.54 Å². The molecule has 17 heteroatoms. The first-order valence-corrected chi connectivity index (χ1v) is 28.1. The van der Waals surface area contributed by atoms with E-state index in [1.807, 2.05) is 65.8 Å².